The zero-order valence-corrected chi connectivity index (χ0v) is 16.1. The Morgan fingerprint density at radius 2 is 1.86 bits per heavy atom. The lowest BCUT2D eigenvalue weighted by Gasteiger charge is -2.18. The summed E-state index contributed by atoms with van der Waals surface area (Å²) in [5.74, 6) is 3.39. The monoisotopic (exact) mass is 388 g/mol. The third kappa shape index (κ3) is 4.70. The molecular weight excluding hydrogens is 364 g/mol. The van der Waals surface area contributed by atoms with Crippen LogP contribution in [0.1, 0.15) is 18.5 Å². The normalized spacial score (nSPS) is 12.8. The first-order valence-electron chi connectivity index (χ1n) is 8.89. The van der Waals surface area contributed by atoms with E-state index in [1.54, 1.807) is 32.4 Å². The fraction of sp³-hybridized carbons (Fsp3) is 0.350. The van der Waals surface area contributed by atoms with E-state index in [1.165, 1.54) is 0 Å². The molecule has 0 saturated carbocycles. The van der Waals surface area contributed by atoms with Crippen molar-refractivity contribution in [3.8, 4) is 28.7 Å². The second kappa shape index (κ2) is 9.07. The first-order chi connectivity index (χ1) is 13.6. The summed E-state index contributed by atoms with van der Waals surface area (Å²) in [7, 11) is 3.18. The van der Waals surface area contributed by atoms with Crippen LogP contribution in [0, 0.1) is 0 Å². The Morgan fingerprint density at radius 1 is 1.07 bits per heavy atom. The summed E-state index contributed by atoms with van der Waals surface area (Å²) < 4.78 is 26.8. The van der Waals surface area contributed by atoms with Crippen molar-refractivity contribution in [2.75, 3.05) is 34.2 Å². The van der Waals surface area contributed by atoms with Crippen LogP contribution in [0.5, 0.6) is 28.7 Å². The highest BCUT2D eigenvalue weighted by Crippen LogP contribution is 2.35. The van der Waals surface area contributed by atoms with Crippen LogP contribution in [0.25, 0.3) is 0 Å². The molecule has 0 aromatic heterocycles. The number of rotatable bonds is 8. The van der Waals surface area contributed by atoms with Crippen molar-refractivity contribution >= 4 is 6.03 Å². The Balaban J connectivity index is 1.45. The minimum Gasteiger partial charge on any atom is -0.497 e. The molecule has 1 aliphatic rings. The molecule has 1 aliphatic heterocycles. The van der Waals surface area contributed by atoms with Crippen molar-refractivity contribution < 1.29 is 28.5 Å². The second-order valence-electron chi connectivity index (χ2n) is 6.09. The van der Waals surface area contributed by atoms with E-state index in [0.29, 0.717) is 41.9 Å². The number of hydrogen-bond donors (Lipinski definition) is 2. The zero-order valence-electron chi connectivity index (χ0n) is 16.1. The number of benzene rings is 2. The number of methoxy groups -OCH3 is 2. The summed E-state index contributed by atoms with van der Waals surface area (Å²) in [6.07, 6.45) is 0. The van der Waals surface area contributed by atoms with Crippen molar-refractivity contribution in [2.24, 2.45) is 0 Å². The van der Waals surface area contributed by atoms with Gasteiger partial charge < -0.3 is 34.3 Å². The molecule has 0 bridgehead atoms. The molecule has 0 spiro atoms. The highest BCUT2D eigenvalue weighted by Gasteiger charge is 2.16. The molecule has 0 fully saturated rings. The molecule has 150 valence electrons. The van der Waals surface area contributed by atoms with Gasteiger partial charge in [-0.1, -0.05) is 0 Å². The van der Waals surface area contributed by atoms with Gasteiger partial charge in [0.05, 0.1) is 26.8 Å². The highest BCUT2D eigenvalue weighted by atomic mass is 16.7. The van der Waals surface area contributed by atoms with Gasteiger partial charge in [-0.15, -0.1) is 0 Å². The van der Waals surface area contributed by atoms with E-state index < -0.39 is 0 Å². The molecule has 8 nitrogen and oxygen atoms in total. The minimum atomic E-state index is -0.299. The Kier molecular flexibility index (Phi) is 6.31. The summed E-state index contributed by atoms with van der Waals surface area (Å²) in [5.41, 5.74) is 0.827. The topological polar surface area (TPSA) is 87.3 Å². The Bertz CT molecular complexity index is 826. The summed E-state index contributed by atoms with van der Waals surface area (Å²) in [5, 5.41) is 5.65. The average molecular weight is 388 g/mol. The van der Waals surface area contributed by atoms with Gasteiger partial charge in [-0.05, 0) is 37.3 Å². The largest absolute Gasteiger partial charge is 0.497 e. The third-order valence-electron chi connectivity index (χ3n) is 4.25. The van der Waals surface area contributed by atoms with Gasteiger partial charge in [-0.25, -0.2) is 4.79 Å². The van der Waals surface area contributed by atoms with Crippen molar-refractivity contribution in [3.05, 3.63) is 42.0 Å². The van der Waals surface area contributed by atoms with Gasteiger partial charge in [-0.3, -0.25) is 0 Å². The molecule has 2 aromatic carbocycles. The number of nitrogens with one attached hydrogen (secondary N) is 2. The van der Waals surface area contributed by atoms with Crippen LogP contribution in [0.15, 0.2) is 36.4 Å². The molecule has 2 aromatic rings. The van der Waals surface area contributed by atoms with Gasteiger partial charge in [0.2, 0.25) is 6.79 Å². The maximum absolute atomic E-state index is 12.2. The first kappa shape index (κ1) is 19.5. The van der Waals surface area contributed by atoms with Crippen molar-refractivity contribution in [1.82, 2.24) is 10.6 Å². The van der Waals surface area contributed by atoms with E-state index >= 15 is 0 Å². The number of amides is 2. The van der Waals surface area contributed by atoms with Gasteiger partial charge in [0, 0.05) is 11.6 Å². The maximum Gasteiger partial charge on any atom is 0.315 e. The highest BCUT2D eigenvalue weighted by molar-refractivity contribution is 5.74. The summed E-state index contributed by atoms with van der Waals surface area (Å²) in [4.78, 5) is 12.2. The average Bonchev–Trinajstić information content (AvgIpc) is 3.18. The first-order valence-corrected chi connectivity index (χ1v) is 8.89. The van der Waals surface area contributed by atoms with E-state index in [0.717, 1.165) is 5.56 Å². The summed E-state index contributed by atoms with van der Waals surface area (Å²) >= 11 is 0. The van der Waals surface area contributed by atoms with Gasteiger partial charge in [0.25, 0.3) is 0 Å². The number of carbonyl (C=O) groups excluding carboxylic acids is 1. The number of hydrogen-bond acceptors (Lipinski definition) is 6. The number of ether oxygens (including phenoxy) is 5. The standard InChI is InChI=1S/C20H24N2O6/c1-13(16-10-14(24-2)4-6-17(16)25-3)22-20(23)21-8-9-26-15-5-7-18-19(11-15)28-12-27-18/h4-7,10-11,13H,8-9,12H2,1-3H3,(H2,21,22,23)/t13-/m0/s1. The van der Waals surface area contributed by atoms with E-state index in [-0.39, 0.29) is 18.9 Å². The van der Waals surface area contributed by atoms with Crippen LogP contribution >= 0.6 is 0 Å². The van der Waals surface area contributed by atoms with Crippen LogP contribution in [0.4, 0.5) is 4.79 Å². The van der Waals surface area contributed by atoms with Gasteiger partial charge in [0.1, 0.15) is 23.9 Å². The fourth-order valence-corrected chi connectivity index (χ4v) is 2.80. The molecule has 3 rings (SSSR count). The summed E-state index contributed by atoms with van der Waals surface area (Å²) in [6, 6.07) is 10.2. The fourth-order valence-electron chi connectivity index (χ4n) is 2.80. The van der Waals surface area contributed by atoms with Crippen LogP contribution < -0.4 is 34.3 Å². The number of urea groups is 1. The molecule has 1 atom stereocenters. The Morgan fingerprint density at radius 3 is 2.64 bits per heavy atom. The summed E-state index contributed by atoms with van der Waals surface area (Å²) in [6.45, 7) is 2.77. The predicted octanol–water partition coefficient (Wildman–Crippen LogP) is 2.87. The third-order valence-corrected chi connectivity index (χ3v) is 4.25. The molecule has 0 saturated heterocycles. The van der Waals surface area contributed by atoms with E-state index in [2.05, 4.69) is 10.6 Å². The molecule has 8 heteroatoms. The number of carbonyl (C=O) groups is 1. The quantitative estimate of drug-likeness (QED) is 0.676. The number of fused-ring (bicyclic) bond motifs is 1. The van der Waals surface area contributed by atoms with Crippen molar-refractivity contribution in [2.45, 2.75) is 13.0 Å². The molecule has 1 heterocycles. The maximum atomic E-state index is 12.2. The van der Waals surface area contributed by atoms with Crippen molar-refractivity contribution in [3.63, 3.8) is 0 Å². The van der Waals surface area contributed by atoms with E-state index in [4.69, 9.17) is 23.7 Å². The SMILES string of the molecule is COc1ccc(OC)c([C@H](C)NC(=O)NCCOc2ccc3c(c2)OCO3)c1. The van der Waals surface area contributed by atoms with Crippen molar-refractivity contribution in [1.29, 1.82) is 0 Å². The van der Waals surface area contributed by atoms with Crippen LogP contribution in [-0.4, -0.2) is 40.2 Å². The minimum absolute atomic E-state index is 0.219. The molecule has 0 radical (unpaired) electrons. The second-order valence-corrected chi connectivity index (χ2v) is 6.09. The molecule has 2 N–H and O–H groups in total. The van der Waals surface area contributed by atoms with Gasteiger partial charge >= 0.3 is 6.03 Å². The van der Waals surface area contributed by atoms with Crippen LogP contribution in [0.2, 0.25) is 0 Å². The Hall–Kier alpha value is -3.29. The molecule has 28 heavy (non-hydrogen) atoms. The van der Waals surface area contributed by atoms with Gasteiger partial charge in [-0.2, -0.15) is 0 Å². The van der Waals surface area contributed by atoms with Gasteiger partial charge in [0.15, 0.2) is 11.5 Å². The lowest BCUT2D eigenvalue weighted by Crippen LogP contribution is -2.39. The van der Waals surface area contributed by atoms with E-state index in [9.17, 15) is 4.79 Å². The molecule has 0 unspecified atom stereocenters. The molecule has 0 aliphatic carbocycles. The Labute approximate surface area is 163 Å². The molecular formula is C20H24N2O6. The predicted molar refractivity (Wildman–Crippen MR) is 103 cm³/mol. The molecule has 2 amide bonds. The van der Waals surface area contributed by atoms with E-state index in [1.807, 2.05) is 25.1 Å². The lowest BCUT2D eigenvalue weighted by molar-refractivity contribution is 0.173. The van der Waals surface area contributed by atoms with Crippen LogP contribution in [0.3, 0.4) is 0 Å². The van der Waals surface area contributed by atoms with Crippen LogP contribution in [-0.2, 0) is 0 Å². The smallest absolute Gasteiger partial charge is 0.315 e. The zero-order chi connectivity index (χ0) is 19.9. The lowest BCUT2D eigenvalue weighted by atomic mass is 10.1.